The van der Waals surface area contributed by atoms with Crippen molar-refractivity contribution < 1.29 is 35.5 Å². The highest BCUT2D eigenvalue weighted by molar-refractivity contribution is 5.55. The number of hydrogen-bond acceptors (Lipinski definition) is 4. The molecule has 2 aromatic carbocycles. The highest BCUT2D eigenvalue weighted by Gasteiger charge is 2.44. The first kappa shape index (κ1) is 18.5. The number of aromatic nitrogens is 2. The number of rotatable bonds is 5. The molecule has 142 valence electrons. The maximum Gasteiger partial charge on any atom is 0.461 e. The molecule has 0 aliphatic heterocycles. The number of alkyl halides is 4. The number of nitrogens with zero attached hydrogens (tertiary/aromatic N) is 2. The normalized spacial score (nSPS) is 11.8. The molecule has 0 saturated heterocycles. The maximum atomic E-state index is 13.8. The van der Waals surface area contributed by atoms with Crippen LogP contribution in [0.4, 0.5) is 26.3 Å². The predicted octanol–water partition coefficient (Wildman–Crippen LogP) is 4.01. The lowest BCUT2D eigenvalue weighted by Gasteiger charge is -2.18. The van der Waals surface area contributed by atoms with E-state index in [2.05, 4.69) is 14.3 Å². The summed E-state index contributed by atoms with van der Waals surface area (Å²) in [6.07, 6.45) is -8.98. The summed E-state index contributed by atoms with van der Waals surface area (Å²) in [5.74, 6) is -5.07. The quantitative estimate of drug-likeness (QED) is 0.618. The van der Waals surface area contributed by atoms with E-state index in [4.69, 9.17) is 0 Å². The Balaban J connectivity index is 2.10. The van der Waals surface area contributed by atoms with Crippen molar-refractivity contribution in [3.05, 3.63) is 64.6 Å². The van der Waals surface area contributed by atoms with Gasteiger partial charge in [-0.2, -0.15) is 22.2 Å². The number of ether oxygens (including phenoxy) is 1. The van der Waals surface area contributed by atoms with Gasteiger partial charge in [0.1, 0.15) is 22.9 Å². The summed E-state index contributed by atoms with van der Waals surface area (Å²) >= 11 is 0. The third-order valence-electron chi connectivity index (χ3n) is 3.32. The number of para-hydroxylation sites is 2. The van der Waals surface area contributed by atoms with Gasteiger partial charge in [-0.25, -0.2) is 13.6 Å². The van der Waals surface area contributed by atoms with Gasteiger partial charge in [-0.1, -0.05) is 18.2 Å². The van der Waals surface area contributed by atoms with E-state index in [0.29, 0.717) is 4.68 Å². The second-order valence-corrected chi connectivity index (χ2v) is 5.11. The summed E-state index contributed by atoms with van der Waals surface area (Å²) in [5, 5.41) is 3.55. The van der Waals surface area contributed by atoms with Crippen LogP contribution in [0.2, 0.25) is 0 Å². The number of halogens is 6. The molecule has 0 N–H and O–H groups in total. The van der Waals surface area contributed by atoms with Crippen LogP contribution < -0.4 is 10.5 Å². The first-order chi connectivity index (χ1) is 12.7. The monoisotopic (exact) mass is 390 g/mol. The Hall–Kier alpha value is -3.24. The van der Waals surface area contributed by atoms with Gasteiger partial charge in [0, 0.05) is 0 Å². The highest BCUT2D eigenvalue weighted by Crippen LogP contribution is 2.31. The molecule has 0 spiro atoms. The summed E-state index contributed by atoms with van der Waals surface area (Å²) in [6.45, 7) is 0. The van der Waals surface area contributed by atoms with Crippen molar-refractivity contribution in [1.82, 2.24) is 9.78 Å². The van der Waals surface area contributed by atoms with Crippen molar-refractivity contribution in [3.63, 3.8) is 0 Å². The zero-order valence-electron chi connectivity index (χ0n) is 13.0. The van der Waals surface area contributed by atoms with Crippen LogP contribution in [-0.2, 0) is 0 Å². The van der Waals surface area contributed by atoms with Gasteiger partial charge in [0.05, 0.1) is 0 Å². The van der Waals surface area contributed by atoms with Gasteiger partial charge in [-0.15, -0.1) is 5.10 Å². The van der Waals surface area contributed by atoms with Crippen LogP contribution in [-0.4, -0.2) is 22.3 Å². The third kappa shape index (κ3) is 3.52. The predicted molar refractivity (Wildman–Crippen MR) is 79.0 cm³/mol. The Morgan fingerprint density at radius 2 is 1.67 bits per heavy atom. The lowest BCUT2D eigenvalue weighted by molar-refractivity contribution is -0.253. The molecule has 27 heavy (non-hydrogen) atoms. The zero-order valence-corrected chi connectivity index (χ0v) is 13.0. The average molecular weight is 390 g/mol. The van der Waals surface area contributed by atoms with Crippen LogP contribution >= 0.6 is 0 Å². The van der Waals surface area contributed by atoms with Crippen molar-refractivity contribution in [3.8, 4) is 22.9 Å². The smallest absolute Gasteiger partial charge is 0.426 e. The summed E-state index contributed by atoms with van der Waals surface area (Å²) in [4.78, 5) is 12.0. The Morgan fingerprint density at radius 3 is 2.30 bits per heavy atom. The molecular formula is C16H8F6N2O3. The SMILES string of the molecule is O=c1oc(-c2c(F)cccc2F)nn1-c1ccccc1OC(F)(F)C(F)F. The summed E-state index contributed by atoms with van der Waals surface area (Å²) in [6, 6.07) is 7.22. The maximum absolute atomic E-state index is 13.8. The molecule has 0 amide bonds. The van der Waals surface area contributed by atoms with Crippen molar-refractivity contribution in [2.45, 2.75) is 12.5 Å². The molecule has 0 radical (unpaired) electrons. The van der Waals surface area contributed by atoms with Crippen molar-refractivity contribution in [1.29, 1.82) is 0 Å². The minimum Gasteiger partial charge on any atom is -0.426 e. The van der Waals surface area contributed by atoms with Crippen LogP contribution in [0.3, 0.4) is 0 Å². The summed E-state index contributed by atoms with van der Waals surface area (Å²) < 4.78 is 87.8. The van der Waals surface area contributed by atoms with Gasteiger partial charge < -0.3 is 9.15 Å². The Bertz CT molecular complexity index is 1010. The third-order valence-corrected chi connectivity index (χ3v) is 3.32. The molecular weight excluding hydrogens is 382 g/mol. The van der Waals surface area contributed by atoms with E-state index in [-0.39, 0.29) is 0 Å². The fourth-order valence-corrected chi connectivity index (χ4v) is 2.14. The van der Waals surface area contributed by atoms with E-state index in [1.807, 2.05) is 0 Å². The molecule has 3 rings (SSSR count). The molecule has 1 heterocycles. The molecule has 0 fully saturated rings. The second kappa shape index (κ2) is 6.82. The summed E-state index contributed by atoms with van der Waals surface area (Å²) in [5.41, 5.74) is -1.25. The van der Waals surface area contributed by atoms with E-state index >= 15 is 0 Å². The molecule has 1 aromatic heterocycles. The largest absolute Gasteiger partial charge is 0.461 e. The summed E-state index contributed by atoms with van der Waals surface area (Å²) in [7, 11) is 0. The standard InChI is InChI=1S/C16H8F6N2O3/c17-8-4-3-5-9(18)12(8)13-23-24(15(25)26-13)10-6-1-2-7-11(10)27-16(21,22)14(19)20/h1-7,14H. The minimum absolute atomic E-state index is 0.359. The molecule has 11 heteroatoms. The first-order valence-corrected chi connectivity index (χ1v) is 7.19. The van der Waals surface area contributed by atoms with Gasteiger partial charge in [0.25, 0.3) is 5.89 Å². The fourth-order valence-electron chi connectivity index (χ4n) is 2.14. The van der Waals surface area contributed by atoms with Crippen LogP contribution in [0, 0.1) is 11.6 Å². The van der Waals surface area contributed by atoms with Crippen molar-refractivity contribution in [2.75, 3.05) is 0 Å². The molecule has 0 bridgehead atoms. The number of hydrogen-bond donors (Lipinski definition) is 0. The lowest BCUT2D eigenvalue weighted by Crippen LogP contribution is -2.34. The lowest BCUT2D eigenvalue weighted by atomic mass is 10.2. The average Bonchev–Trinajstić information content (AvgIpc) is 2.96. The molecule has 0 unspecified atom stereocenters. The fraction of sp³-hybridized carbons (Fsp3) is 0.125. The van der Waals surface area contributed by atoms with Gasteiger partial charge in [0.2, 0.25) is 0 Å². The Morgan fingerprint density at radius 1 is 1.04 bits per heavy atom. The van der Waals surface area contributed by atoms with E-state index in [0.717, 1.165) is 30.3 Å². The van der Waals surface area contributed by atoms with Crippen LogP contribution in [0.15, 0.2) is 51.7 Å². The van der Waals surface area contributed by atoms with Crippen LogP contribution in [0.1, 0.15) is 0 Å². The van der Waals surface area contributed by atoms with E-state index < -0.39 is 52.8 Å². The molecule has 5 nitrogen and oxygen atoms in total. The van der Waals surface area contributed by atoms with Crippen molar-refractivity contribution >= 4 is 0 Å². The van der Waals surface area contributed by atoms with E-state index in [1.165, 1.54) is 12.1 Å². The van der Waals surface area contributed by atoms with E-state index in [1.54, 1.807) is 0 Å². The zero-order chi connectivity index (χ0) is 19.8. The van der Waals surface area contributed by atoms with E-state index in [9.17, 15) is 31.1 Å². The van der Waals surface area contributed by atoms with Gasteiger partial charge in [-0.3, -0.25) is 0 Å². The van der Waals surface area contributed by atoms with Crippen LogP contribution in [0.25, 0.3) is 17.1 Å². The first-order valence-electron chi connectivity index (χ1n) is 7.19. The Kier molecular flexibility index (Phi) is 4.68. The van der Waals surface area contributed by atoms with Crippen LogP contribution in [0.5, 0.6) is 5.75 Å². The van der Waals surface area contributed by atoms with Crippen molar-refractivity contribution in [2.24, 2.45) is 0 Å². The Labute approximate surface area is 146 Å². The molecule has 0 atom stereocenters. The molecule has 0 saturated carbocycles. The topological polar surface area (TPSA) is 57.3 Å². The molecule has 0 aliphatic carbocycles. The van der Waals surface area contributed by atoms with Gasteiger partial charge >= 0.3 is 18.3 Å². The number of benzene rings is 2. The minimum atomic E-state index is -4.84. The van der Waals surface area contributed by atoms with Gasteiger partial charge in [0.15, 0.2) is 5.75 Å². The molecule has 3 aromatic rings. The van der Waals surface area contributed by atoms with Gasteiger partial charge in [-0.05, 0) is 24.3 Å². The highest BCUT2D eigenvalue weighted by atomic mass is 19.3. The molecule has 0 aliphatic rings. The second-order valence-electron chi connectivity index (χ2n) is 5.11.